The predicted octanol–water partition coefficient (Wildman–Crippen LogP) is 7.14. The highest BCUT2D eigenvalue weighted by Crippen LogP contribution is 2.28. The first-order valence-electron chi connectivity index (χ1n) is 10.5. The summed E-state index contributed by atoms with van der Waals surface area (Å²) in [6, 6.07) is 21.2. The van der Waals surface area contributed by atoms with Crippen LogP contribution >= 0.6 is 11.3 Å². The number of nitrogens with zero attached hydrogens (tertiary/aromatic N) is 2. The van der Waals surface area contributed by atoms with E-state index in [0.29, 0.717) is 5.92 Å². The Balaban J connectivity index is 1.35. The van der Waals surface area contributed by atoms with Crippen molar-refractivity contribution in [2.75, 3.05) is 6.61 Å². The molecule has 2 heterocycles. The molecule has 4 aromatic rings. The number of aromatic nitrogens is 2. The number of hydrogen-bond acceptors (Lipinski definition) is 3. The molecular weight excluding hydrogens is 376 g/mol. The van der Waals surface area contributed by atoms with Crippen molar-refractivity contribution < 1.29 is 4.74 Å². The summed E-state index contributed by atoms with van der Waals surface area (Å²) >= 11 is 1.74. The van der Waals surface area contributed by atoms with E-state index in [2.05, 4.69) is 84.5 Å². The topological polar surface area (TPSA) is 27.1 Å². The van der Waals surface area contributed by atoms with E-state index < -0.39 is 0 Å². The average Bonchev–Trinajstić information content (AvgIpc) is 3.41. The van der Waals surface area contributed by atoms with Gasteiger partial charge in [-0.05, 0) is 66.5 Å². The van der Waals surface area contributed by atoms with Gasteiger partial charge in [0.05, 0.1) is 22.5 Å². The molecule has 0 amide bonds. The molecule has 0 aliphatic heterocycles. The van der Waals surface area contributed by atoms with Gasteiger partial charge in [-0.1, -0.05) is 44.2 Å². The third-order valence-electron chi connectivity index (χ3n) is 5.50. The van der Waals surface area contributed by atoms with Gasteiger partial charge in [0.25, 0.3) is 0 Å². The van der Waals surface area contributed by atoms with Gasteiger partial charge in [0, 0.05) is 6.54 Å². The molecule has 0 aliphatic rings. The molecule has 1 atom stereocenters. The van der Waals surface area contributed by atoms with Crippen LogP contribution in [0.15, 0.2) is 66.0 Å². The number of hydrogen-bond donors (Lipinski definition) is 0. The van der Waals surface area contributed by atoms with Crippen molar-refractivity contribution >= 4 is 22.4 Å². The zero-order valence-corrected chi connectivity index (χ0v) is 18.0. The van der Waals surface area contributed by atoms with Crippen molar-refractivity contribution in [2.45, 2.75) is 45.6 Å². The maximum atomic E-state index is 5.96. The SMILES string of the molecule is CCC(C)c1ccc(OCCCCn2c(-c3cccs3)nc3ccccc32)cc1. The van der Waals surface area contributed by atoms with E-state index >= 15 is 0 Å². The fraction of sp³-hybridized carbons (Fsp3) is 0.320. The fourth-order valence-corrected chi connectivity index (χ4v) is 4.31. The van der Waals surface area contributed by atoms with Gasteiger partial charge < -0.3 is 9.30 Å². The molecule has 0 saturated heterocycles. The largest absolute Gasteiger partial charge is 0.494 e. The van der Waals surface area contributed by atoms with Crippen molar-refractivity contribution in [3.05, 3.63) is 71.6 Å². The van der Waals surface area contributed by atoms with Crippen molar-refractivity contribution in [3.63, 3.8) is 0 Å². The van der Waals surface area contributed by atoms with Gasteiger partial charge in [-0.2, -0.15) is 0 Å². The highest BCUT2D eigenvalue weighted by molar-refractivity contribution is 7.13. The number of aryl methyl sites for hydroxylation is 1. The number of imidazole rings is 1. The molecule has 0 aliphatic carbocycles. The minimum absolute atomic E-state index is 0.603. The first-order chi connectivity index (χ1) is 14.3. The molecule has 0 N–H and O–H groups in total. The highest BCUT2D eigenvalue weighted by atomic mass is 32.1. The van der Waals surface area contributed by atoms with Crippen LogP contribution in [0.2, 0.25) is 0 Å². The van der Waals surface area contributed by atoms with Crippen LogP contribution in [0.25, 0.3) is 21.7 Å². The Labute approximate surface area is 177 Å². The Morgan fingerprint density at radius 2 is 1.83 bits per heavy atom. The van der Waals surface area contributed by atoms with Crippen LogP contribution in [0.5, 0.6) is 5.75 Å². The van der Waals surface area contributed by atoms with Gasteiger partial charge in [-0.15, -0.1) is 11.3 Å². The molecule has 2 aromatic carbocycles. The van der Waals surface area contributed by atoms with E-state index in [9.17, 15) is 0 Å². The van der Waals surface area contributed by atoms with Gasteiger partial charge in [0.15, 0.2) is 5.82 Å². The summed E-state index contributed by atoms with van der Waals surface area (Å²) in [6.07, 6.45) is 3.24. The minimum Gasteiger partial charge on any atom is -0.494 e. The summed E-state index contributed by atoms with van der Waals surface area (Å²) in [4.78, 5) is 6.09. The monoisotopic (exact) mass is 404 g/mol. The van der Waals surface area contributed by atoms with Gasteiger partial charge in [0.1, 0.15) is 5.75 Å². The van der Waals surface area contributed by atoms with Crippen LogP contribution in [0, 0.1) is 0 Å². The van der Waals surface area contributed by atoms with Crippen LogP contribution in [0.3, 0.4) is 0 Å². The molecule has 4 rings (SSSR count). The van der Waals surface area contributed by atoms with Gasteiger partial charge in [0.2, 0.25) is 0 Å². The standard InChI is InChI=1S/C25H28N2OS/c1-3-19(2)20-12-14-21(15-13-20)28-17-7-6-16-27-23-10-5-4-9-22(23)26-25(27)24-11-8-18-29-24/h4-5,8-15,18-19H,3,6-7,16-17H2,1-2H3. The fourth-order valence-electron chi connectivity index (χ4n) is 3.59. The zero-order chi connectivity index (χ0) is 20.1. The number of benzene rings is 2. The lowest BCUT2D eigenvalue weighted by molar-refractivity contribution is 0.303. The van der Waals surface area contributed by atoms with Crippen LogP contribution < -0.4 is 4.74 Å². The van der Waals surface area contributed by atoms with Crippen LogP contribution in [-0.2, 0) is 6.54 Å². The molecular formula is C25H28N2OS. The third kappa shape index (κ3) is 4.54. The quantitative estimate of drug-likeness (QED) is 0.277. The van der Waals surface area contributed by atoms with E-state index in [1.54, 1.807) is 11.3 Å². The van der Waals surface area contributed by atoms with E-state index in [0.717, 1.165) is 49.5 Å². The maximum Gasteiger partial charge on any atom is 0.151 e. The first-order valence-corrected chi connectivity index (χ1v) is 11.4. The normalized spacial score (nSPS) is 12.3. The summed E-state index contributed by atoms with van der Waals surface area (Å²) in [5, 5.41) is 2.11. The second kappa shape index (κ2) is 9.27. The third-order valence-corrected chi connectivity index (χ3v) is 6.37. The summed E-state index contributed by atoms with van der Waals surface area (Å²) in [5.41, 5.74) is 3.65. The molecule has 0 spiro atoms. The Hall–Kier alpha value is -2.59. The second-order valence-corrected chi connectivity index (χ2v) is 8.43. The number of para-hydroxylation sites is 2. The number of thiophene rings is 1. The smallest absolute Gasteiger partial charge is 0.151 e. The lowest BCUT2D eigenvalue weighted by atomic mass is 9.99. The minimum atomic E-state index is 0.603. The van der Waals surface area contributed by atoms with Gasteiger partial charge >= 0.3 is 0 Å². The summed E-state index contributed by atoms with van der Waals surface area (Å²) in [6.45, 7) is 6.18. The summed E-state index contributed by atoms with van der Waals surface area (Å²) < 4.78 is 8.31. The Morgan fingerprint density at radius 3 is 2.59 bits per heavy atom. The Bertz CT molecular complexity index is 1030. The lowest BCUT2D eigenvalue weighted by Crippen LogP contribution is -2.03. The summed E-state index contributed by atoms with van der Waals surface area (Å²) in [7, 11) is 0. The molecule has 0 saturated carbocycles. The molecule has 0 fully saturated rings. The maximum absolute atomic E-state index is 5.96. The summed E-state index contributed by atoms with van der Waals surface area (Å²) in [5.74, 6) is 2.64. The lowest BCUT2D eigenvalue weighted by Gasteiger charge is -2.11. The molecule has 0 radical (unpaired) electrons. The van der Waals surface area contributed by atoms with E-state index in [1.807, 2.05) is 0 Å². The van der Waals surface area contributed by atoms with E-state index in [-0.39, 0.29) is 0 Å². The second-order valence-electron chi connectivity index (χ2n) is 7.49. The molecule has 1 unspecified atom stereocenters. The number of fused-ring (bicyclic) bond motifs is 1. The molecule has 4 heteroatoms. The molecule has 0 bridgehead atoms. The molecule has 2 aromatic heterocycles. The first kappa shape index (κ1) is 19.7. The number of ether oxygens (including phenoxy) is 1. The van der Waals surface area contributed by atoms with Gasteiger partial charge in [-0.25, -0.2) is 4.98 Å². The molecule has 29 heavy (non-hydrogen) atoms. The highest BCUT2D eigenvalue weighted by Gasteiger charge is 2.12. The zero-order valence-electron chi connectivity index (χ0n) is 17.2. The molecule has 150 valence electrons. The Morgan fingerprint density at radius 1 is 1.00 bits per heavy atom. The van der Waals surface area contributed by atoms with Crippen LogP contribution in [0.1, 0.15) is 44.6 Å². The van der Waals surface area contributed by atoms with Crippen LogP contribution in [0.4, 0.5) is 0 Å². The van der Waals surface area contributed by atoms with E-state index in [4.69, 9.17) is 9.72 Å². The van der Waals surface area contributed by atoms with Crippen molar-refractivity contribution in [1.82, 2.24) is 9.55 Å². The Kier molecular flexibility index (Phi) is 6.30. The van der Waals surface area contributed by atoms with Crippen molar-refractivity contribution in [3.8, 4) is 16.5 Å². The number of unbranched alkanes of at least 4 members (excludes halogenated alkanes) is 1. The van der Waals surface area contributed by atoms with Crippen molar-refractivity contribution in [2.24, 2.45) is 0 Å². The van der Waals surface area contributed by atoms with Gasteiger partial charge in [-0.3, -0.25) is 0 Å². The number of rotatable bonds is 9. The van der Waals surface area contributed by atoms with Crippen molar-refractivity contribution in [1.29, 1.82) is 0 Å². The van der Waals surface area contributed by atoms with E-state index in [1.165, 1.54) is 16.0 Å². The average molecular weight is 405 g/mol. The van der Waals surface area contributed by atoms with Crippen LogP contribution in [-0.4, -0.2) is 16.2 Å². The predicted molar refractivity (Wildman–Crippen MR) is 123 cm³/mol. The molecule has 3 nitrogen and oxygen atoms in total.